The van der Waals surface area contributed by atoms with Gasteiger partial charge in [0.05, 0.1) is 7.11 Å². The van der Waals surface area contributed by atoms with Crippen LogP contribution in [0.4, 0.5) is 0 Å². The molecule has 0 spiro atoms. The lowest BCUT2D eigenvalue weighted by Gasteiger charge is -2.42. The van der Waals surface area contributed by atoms with E-state index in [0.717, 1.165) is 5.56 Å². The second kappa shape index (κ2) is 11.3. The highest BCUT2D eigenvalue weighted by Crippen LogP contribution is 2.50. The number of methoxy groups -OCH3 is 1. The van der Waals surface area contributed by atoms with E-state index < -0.39 is 29.7 Å². The van der Waals surface area contributed by atoms with Gasteiger partial charge in [-0.25, -0.2) is 0 Å². The molecule has 2 atom stereocenters. The molecular formula is C36H32O5. The van der Waals surface area contributed by atoms with Crippen LogP contribution in [-0.2, 0) is 20.7 Å². The number of ether oxygens (including phenoxy) is 3. The molecule has 5 nitrogen and oxygen atoms in total. The Bertz CT molecular complexity index is 1360. The standard InChI is InChI=1S/C36H32O5/c1-39-31-24-22-26(23-25-31)34-40-32(35(37,27-14-6-2-7-15-27)28-16-8-3-9-17-28)33(41-34)36(38,29-18-10-4-11-19-29)30-20-12-5-13-21-30/h2-25,32-34,37-38H,1H3. The van der Waals surface area contributed by atoms with E-state index in [1.54, 1.807) is 7.11 Å². The fraction of sp³-hybridized carbons (Fsp3) is 0.167. The molecule has 1 aliphatic rings. The summed E-state index contributed by atoms with van der Waals surface area (Å²) in [7, 11) is 1.61. The monoisotopic (exact) mass is 544 g/mol. The van der Waals surface area contributed by atoms with Crippen LogP contribution >= 0.6 is 0 Å². The van der Waals surface area contributed by atoms with Gasteiger partial charge in [0, 0.05) is 5.56 Å². The molecule has 2 unspecified atom stereocenters. The maximum atomic E-state index is 12.9. The predicted molar refractivity (Wildman–Crippen MR) is 157 cm³/mol. The van der Waals surface area contributed by atoms with Gasteiger partial charge in [0.15, 0.2) is 6.29 Å². The second-order valence-corrected chi connectivity index (χ2v) is 10.2. The normalized spacial score (nSPS) is 19.1. The van der Waals surface area contributed by atoms with Crippen LogP contribution in [0.1, 0.15) is 34.1 Å². The van der Waals surface area contributed by atoms with Crippen molar-refractivity contribution >= 4 is 0 Å². The van der Waals surface area contributed by atoms with E-state index in [2.05, 4.69) is 0 Å². The van der Waals surface area contributed by atoms with Crippen LogP contribution in [0.25, 0.3) is 0 Å². The summed E-state index contributed by atoms with van der Waals surface area (Å²) >= 11 is 0. The van der Waals surface area contributed by atoms with Gasteiger partial charge >= 0.3 is 0 Å². The van der Waals surface area contributed by atoms with Crippen molar-refractivity contribution < 1.29 is 24.4 Å². The molecule has 0 radical (unpaired) electrons. The van der Waals surface area contributed by atoms with Crippen LogP contribution in [0.15, 0.2) is 146 Å². The zero-order chi connectivity index (χ0) is 28.3. The Morgan fingerprint density at radius 3 is 1.10 bits per heavy atom. The molecule has 0 bridgehead atoms. The van der Waals surface area contributed by atoms with Crippen molar-refractivity contribution in [3.63, 3.8) is 0 Å². The number of hydrogen-bond donors (Lipinski definition) is 2. The first kappa shape index (κ1) is 26.9. The lowest BCUT2D eigenvalue weighted by atomic mass is 9.72. The molecule has 41 heavy (non-hydrogen) atoms. The van der Waals surface area contributed by atoms with Gasteiger partial charge in [-0.3, -0.25) is 0 Å². The lowest BCUT2D eigenvalue weighted by molar-refractivity contribution is -0.110. The van der Waals surface area contributed by atoms with E-state index >= 15 is 0 Å². The van der Waals surface area contributed by atoms with Crippen molar-refractivity contribution in [1.29, 1.82) is 0 Å². The predicted octanol–water partition coefficient (Wildman–Crippen LogP) is 6.35. The van der Waals surface area contributed by atoms with Crippen molar-refractivity contribution in [2.24, 2.45) is 0 Å². The molecule has 1 heterocycles. The van der Waals surface area contributed by atoms with E-state index in [0.29, 0.717) is 28.0 Å². The molecule has 2 N–H and O–H groups in total. The van der Waals surface area contributed by atoms with Gasteiger partial charge in [0.25, 0.3) is 0 Å². The minimum absolute atomic E-state index is 0.628. The van der Waals surface area contributed by atoms with E-state index in [9.17, 15) is 10.2 Å². The van der Waals surface area contributed by atoms with Crippen LogP contribution < -0.4 is 4.74 Å². The molecule has 0 aromatic heterocycles. The molecule has 206 valence electrons. The van der Waals surface area contributed by atoms with Crippen LogP contribution in [0.5, 0.6) is 5.75 Å². The number of benzene rings is 5. The number of rotatable bonds is 8. The van der Waals surface area contributed by atoms with Crippen LogP contribution in [-0.4, -0.2) is 29.5 Å². The fourth-order valence-corrected chi connectivity index (χ4v) is 5.75. The quantitative estimate of drug-likeness (QED) is 0.238. The average Bonchev–Trinajstić information content (AvgIpc) is 3.52. The molecule has 0 saturated carbocycles. The highest BCUT2D eigenvalue weighted by Gasteiger charge is 2.59. The summed E-state index contributed by atoms with van der Waals surface area (Å²) in [5.41, 5.74) is -0.0948. The van der Waals surface area contributed by atoms with E-state index in [1.165, 1.54) is 0 Å². The molecule has 5 aromatic carbocycles. The zero-order valence-corrected chi connectivity index (χ0v) is 22.7. The minimum Gasteiger partial charge on any atom is -0.497 e. The third-order valence-electron chi connectivity index (χ3n) is 7.88. The topological polar surface area (TPSA) is 68.2 Å². The molecule has 0 amide bonds. The Labute approximate surface area is 240 Å². The van der Waals surface area contributed by atoms with E-state index in [4.69, 9.17) is 14.2 Å². The molecule has 1 aliphatic heterocycles. The molecule has 0 aliphatic carbocycles. The molecule has 5 heteroatoms. The summed E-state index contributed by atoms with van der Waals surface area (Å²) in [4.78, 5) is 0. The second-order valence-electron chi connectivity index (χ2n) is 10.2. The molecular weight excluding hydrogens is 512 g/mol. The molecule has 6 rings (SSSR count). The molecule has 5 aromatic rings. The highest BCUT2D eigenvalue weighted by atomic mass is 16.7. The Morgan fingerprint density at radius 2 is 0.805 bits per heavy atom. The Kier molecular flexibility index (Phi) is 7.43. The van der Waals surface area contributed by atoms with Crippen molar-refractivity contribution in [3.8, 4) is 5.75 Å². The smallest absolute Gasteiger partial charge is 0.185 e. The summed E-state index contributed by atoms with van der Waals surface area (Å²) in [6, 6.07) is 45.1. The SMILES string of the molecule is COc1ccc(C2OC(C(O)(c3ccccc3)c3ccccc3)C(C(O)(c3ccccc3)c3ccccc3)O2)cc1. The van der Waals surface area contributed by atoms with Gasteiger partial charge in [0.2, 0.25) is 0 Å². The summed E-state index contributed by atoms with van der Waals surface area (Å²) in [6.07, 6.45) is -2.91. The summed E-state index contributed by atoms with van der Waals surface area (Å²) in [5, 5.41) is 25.8. The average molecular weight is 545 g/mol. The van der Waals surface area contributed by atoms with Crippen molar-refractivity contribution in [1.82, 2.24) is 0 Å². The van der Waals surface area contributed by atoms with Gasteiger partial charge in [-0.1, -0.05) is 133 Å². The molecule has 1 fully saturated rings. The van der Waals surface area contributed by atoms with E-state index in [1.807, 2.05) is 146 Å². The maximum absolute atomic E-state index is 12.9. The fourth-order valence-electron chi connectivity index (χ4n) is 5.75. The van der Waals surface area contributed by atoms with Crippen LogP contribution in [0.3, 0.4) is 0 Å². The largest absolute Gasteiger partial charge is 0.497 e. The summed E-state index contributed by atoms with van der Waals surface area (Å²) in [5.74, 6) is 0.704. The van der Waals surface area contributed by atoms with Crippen molar-refractivity contribution in [2.45, 2.75) is 29.7 Å². The van der Waals surface area contributed by atoms with Crippen LogP contribution in [0, 0.1) is 0 Å². The Hall–Kier alpha value is -4.26. The van der Waals surface area contributed by atoms with Gasteiger partial charge in [0.1, 0.15) is 29.2 Å². The Balaban J connectivity index is 1.58. The summed E-state index contributed by atoms with van der Waals surface area (Å²) in [6.45, 7) is 0. The minimum atomic E-state index is -1.67. The number of hydrogen-bond acceptors (Lipinski definition) is 5. The van der Waals surface area contributed by atoms with Crippen LogP contribution in [0.2, 0.25) is 0 Å². The highest BCUT2D eigenvalue weighted by molar-refractivity contribution is 5.43. The van der Waals surface area contributed by atoms with Gasteiger partial charge in [-0.2, -0.15) is 0 Å². The van der Waals surface area contributed by atoms with Gasteiger partial charge in [-0.15, -0.1) is 0 Å². The zero-order valence-electron chi connectivity index (χ0n) is 22.7. The number of aliphatic hydroxyl groups is 2. The first-order chi connectivity index (χ1) is 20.0. The Morgan fingerprint density at radius 1 is 0.488 bits per heavy atom. The summed E-state index contributed by atoms with van der Waals surface area (Å²) < 4.78 is 18.8. The first-order valence-corrected chi connectivity index (χ1v) is 13.7. The maximum Gasteiger partial charge on any atom is 0.185 e. The first-order valence-electron chi connectivity index (χ1n) is 13.7. The van der Waals surface area contributed by atoms with Gasteiger partial charge < -0.3 is 24.4 Å². The lowest BCUT2D eigenvalue weighted by Crippen LogP contribution is -2.54. The van der Waals surface area contributed by atoms with Crippen molar-refractivity contribution in [2.75, 3.05) is 7.11 Å². The van der Waals surface area contributed by atoms with Gasteiger partial charge in [-0.05, 0) is 34.4 Å². The third kappa shape index (κ3) is 4.83. The molecule has 1 saturated heterocycles. The van der Waals surface area contributed by atoms with E-state index in [-0.39, 0.29) is 0 Å². The third-order valence-corrected chi connectivity index (χ3v) is 7.88. The van der Waals surface area contributed by atoms with Crippen molar-refractivity contribution in [3.05, 3.63) is 173 Å².